The number of ether oxygens (including phenoxy) is 1. The van der Waals surface area contributed by atoms with E-state index in [0.29, 0.717) is 6.54 Å². The zero-order valence-electron chi connectivity index (χ0n) is 18.8. The SMILES string of the molecule is COc1ccc(-c2cc(C(=O)NCCC(=O)NCc3ccncc3)nn2-c2ccccc2)cc1. The zero-order valence-corrected chi connectivity index (χ0v) is 18.8. The van der Waals surface area contributed by atoms with Gasteiger partial charge in [0, 0.05) is 37.5 Å². The number of nitrogens with one attached hydrogen (secondary N) is 2. The number of rotatable bonds is 9. The Kier molecular flexibility index (Phi) is 7.29. The molecule has 0 fully saturated rings. The Labute approximate surface area is 197 Å². The Morgan fingerprint density at radius 1 is 0.941 bits per heavy atom. The summed E-state index contributed by atoms with van der Waals surface area (Å²) >= 11 is 0. The van der Waals surface area contributed by atoms with E-state index in [1.54, 1.807) is 30.3 Å². The highest BCUT2D eigenvalue weighted by Crippen LogP contribution is 2.26. The van der Waals surface area contributed by atoms with Crippen LogP contribution in [0.4, 0.5) is 0 Å². The summed E-state index contributed by atoms with van der Waals surface area (Å²) in [5.74, 6) is 0.256. The van der Waals surface area contributed by atoms with Crippen molar-refractivity contribution in [2.75, 3.05) is 13.7 Å². The van der Waals surface area contributed by atoms with Crippen LogP contribution >= 0.6 is 0 Å². The third-order valence-corrected chi connectivity index (χ3v) is 5.21. The molecule has 0 spiro atoms. The van der Waals surface area contributed by atoms with Crippen LogP contribution in [0.25, 0.3) is 16.9 Å². The lowest BCUT2D eigenvalue weighted by Crippen LogP contribution is -2.30. The van der Waals surface area contributed by atoms with Crippen LogP contribution in [0.2, 0.25) is 0 Å². The van der Waals surface area contributed by atoms with Crippen LogP contribution in [0.15, 0.2) is 85.2 Å². The van der Waals surface area contributed by atoms with Crippen molar-refractivity contribution < 1.29 is 14.3 Å². The van der Waals surface area contributed by atoms with E-state index in [1.807, 2.05) is 66.7 Å². The number of benzene rings is 2. The number of pyridine rings is 1. The summed E-state index contributed by atoms with van der Waals surface area (Å²) < 4.78 is 6.98. The maximum absolute atomic E-state index is 12.8. The molecule has 4 rings (SSSR count). The minimum atomic E-state index is -0.341. The number of para-hydroxylation sites is 1. The van der Waals surface area contributed by atoms with E-state index in [0.717, 1.165) is 28.3 Å². The van der Waals surface area contributed by atoms with E-state index < -0.39 is 0 Å². The van der Waals surface area contributed by atoms with Gasteiger partial charge >= 0.3 is 0 Å². The van der Waals surface area contributed by atoms with Crippen LogP contribution in [0, 0.1) is 0 Å². The fourth-order valence-electron chi connectivity index (χ4n) is 3.40. The maximum Gasteiger partial charge on any atom is 0.271 e. The fraction of sp³-hybridized carbons (Fsp3) is 0.154. The molecule has 8 heteroatoms. The lowest BCUT2D eigenvalue weighted by Gasteiger charge is -2.08. The zero-order chi connectivity index (χ0) is 23.8. The molecule has 4 aromatic rings. The number of hydrogen-bond acceptors (Lipinski definition) is 5. The lowest BCUT2D eigenvalue weighted by atomic mass is 10.1. The van der Waals surface area contributed by atoms with Gasteiger partial charge in [-0.15, -0.1) is 0 Å². The van der Waals surface area contributed by atoms with Crippen molar-refractivity contribution in [2.45, 2.75) is 13.0 Å². The number of hydrogen-bond donors (Lipinski definition) is 2. The average Bonchev–Trinajstić information content (AvgIpc) is 3.34. The number of carbonyl (C=O) groups excluding carboxylic acids is 2. The second-order valence-electron chi connectivity index (χ2n) is 7.53. The molecule has 34 heavy (non-hydrogen) atoms. The highest BCUT2D eigenvalue weighted by Gasteiger charge is 2.17. The Bertz CT molecular complexity index is 1240. The van der Waals surface area contributed by atoms with E-state index in [-0.39, 0.29) is 30.5 Å². The summed E-state index contributed by atoms with van der Waals surface area (Å²) in [4.78, 5) is 28.8. The van der Waals surface area contributed by atoms with Crippen LogP contribution in [0.5, 0.6) is 5.75 Å². The molecule has 8 nitrogen and oxygen atoms in total. The Morgan fingerprint density at radius 2 is 1.68 bits per heavy atom. The summed E-state index contributed by atoms with van der Waals surface area (Å²) in [6.07, 6.45) is 3.52. The molecule has 0 unspecified atom stereocenters. The third-order valence-electron chi connectivity index (χ3n) is 5.21. The highest BCUT2D eigenvalue weighted by molar-refractivity contribution is 5.94. The first-order chi connectivity index (χ1) is 16.6. The standard InChI is InChI=1S/C26H25N5O3/c1-34-22-9-7-20(8-10-22)24-17-23(30-31(24)21-5-3-2-4-6-21)26(33)28-16-13-25(32)29-18-19-11-14-27-15-12-19/h2-12,14-15,17H,13,16,18H2,1H3,(H,28,33)(H,29,32). The fourth-order valence-corrected chi connectivity index (χ4v) is 3.40. The third kappa shape index (κ3) is 5.66. The van der Waals surface area contributed by atoms with Gasteiger partial charge in [0.15, 0.2) is 5.69 Å². The molecule has 0 radical (unpaired) electrons. The molecule has 0 bridgehead atoms. The van der Waals surface area contributed by atoms with Gasteiger partial charge in [-0.05, 0) is 60.2 Å². The van der Waals surface area contributed by atoms with Crippen LogP contribution in [-0.4, -0.2) is 40.2 Å². The second kappa shape index (κ2) is 10.9. The van der Waals surface area contributed by atoms with Gasteiger partial charge in [-0.3, -0.25) is 14.6 Å². The lowest BCUT2D eigenvalue weighted by molar-refractivity contribution is -0.121. The van der Waals surface area contributed by atoms with E-state index in [2.05, 4.69) is 20.7 Å². The predicted octanol–water partition coefficient (Wildman–Crippen LogP) is 3.38. The normalized spacial score (nSPS) is 10.5. The molecule has 0 atom stereocenters. The first kappa shape index (κ1) is 22.7. The molecule has 0 aliphatic heterocycles. The predicted molar refractivity (Wildman–Crippen MR) is 129 cm³/mol. The van der Waals surface area contributed by atoms with E-state index >= 15 is 0 Å². The molecule has 172 valence electrons. The van der Waals surface area contributed by atoms with Gasteiger partial charge in [0.05, 0.1) is 18.5 Å². The molecular formula is C26H25N5O3. The quantitative estimate of drug-likeness (QED) is 0.403. The second-order valence-corrected chi connectivity index (χ2v) is 7.53. The van der Waals surface area contributed by atoms with Crippen molar-refractivity contribution in [3.63, 3.8) is 0 Å². The summed E-state index contributed by atoms with van der Waals surface area (Å²) in [6.45, 7) is 0.624. The van der Waals surface area contributed by atoms with Crippen molar-refractivity contribution in [2.24, 2.45) is 0 Å². The van der Waals surface area contributed by atoms with Gasteiger partial charge in [0.25, 0.3) is 5.91 Å². The van der Waals surface area contributed by atoms with Crippen LogP contribution in [0.1, 0.15) is 22.5 Å². The molecule has 2 heterocycles. The van der Waals surface area contributed by atoms with Gasteiger partial charge in [-0.1, -0.05) is 18.2 Å². The van der Waals surface area contributed by atoms with Crippen molar-refractivity contribution in [1.82, 2.24) is 25.4 Å². The topological polar surface area (TPSA) is 98.1 Å². The van der Waals surface area contributed by atoms with E-state index in [4.69, 9.17) is 4.74 Å². The molecule has 0 saturated heterocycles. The summed E-state index contributed by atoms with van der Waals surface area (Å²) in [7, 11) is 1.62. The molecule has 0 aliphatic rings. The molecule has 2 amide bonds. The Hall–Kier alpha value is -4.46. The van der Waals surface area contributed by atoms with Gasteiger partial charge in [0.1, 0.15) is 5.75 Å². The largest absolute Gasteiger partial charge is 0.497 e. The van der Waals surface area contributed by atoms with Gasteiger partial charge in [0.2, 0.25) is 5.91 Å². The summed E-state index contributed by atoms with van der Waals surface area (Å²) in [6, 6.07) is 22.6. The van der Waals surface area contributed by atoms with Crippen molar-refractivity contribution in [3.8, 4) is 22.7 Å². The molecule has 2 aromatic carbocycles. The number of carbonyl (C=O) groups is 2. The van der Waals surface area contributed by atoms with Crippen LogP contribution in [-0.2, 0) is 11.3 Å². The molecule has 2 aromatic heterocycles. The number of nitrogens with zero attached hydrogens (tertiary/aromatic N) is 3. The van der Waals surface area contributed by atoms with Crippen LogP contribution < -0.4 is 15.4 Å². The number of amides is 2. The van der Waals surface area contributed by atoms with Gasteiger partial charge in [-0.2, -0.15) is 5.10 Å². The Morgan fingerprint density at radius 3 is 2.38 bits per heavy atom. The van der Waals surface area contributed by atoms with Gasteiger partial charge < -0.3 is 15.4 Å². The monoisotopic (exact) mass is 455 g/mol. The van der Waals surface area contributed by atoms with E-state index in [1.165, 1.54) is 0 Å². The van der Waals surface area contributed by atoms with Crippen molar-refractivity contribution >= 4 is 11.8 Å². The van der Waals surface area contributed by atoms with Gasteiger partial charge in [-0.25, -0.2) is 4.68 Å². The summed E-state index contributed by atoms with van der Waals surface area (Å²) in [5.41, 5.74) is 3.74. The number of methoxy groups -OCH3 is 1. The summed E-state index contributed by atoms with van der Waals surface area (Å²) in [5, 5.41) is 10.2. The van der Waals surface area contributed by atoms with E-state index in [9.17, 15) is 9.59 Å². The van der Waals surface area contributed by atoms with Crippen molar-refractivity contribution in [3.05, 3.63) is 96.4 Å². The smallest absolute Gasteiger partial charge is 0.271 e. The minimum absolute atomic E-state index is 0.147. The first-order valence-corrected chi connectivity index (χ1v) is 10.9. The highest BCUT2D eigenvalue weighted by atomic mass is 16.5. The van der Waals surface area contributed by atoms with Crippen molar-refractivity contribution in [1.29, 1.82) is 0 Å². The first-order valence-electron chi connectivity index (χ1n) is 10.9. The van der Waals surface area contributed by atoms with Crippen LogP contribution in [0.3, 0.4) is 0 Å². The number of aromatic nitrogens is 3. The minimum Gasteiger partial charge on any atom is -0.497 e. The maximum atomic E-state index is 12.8. The molecule has 0 saturated carbocycles. The molecular weight excluding hydrogens is 430 g/mol. The average molecular weight is 456 g/mol. The Balaban J connectivity index is 1.43. The molecule has 0 aliphatic carbocycles. The molecule has 2 N–H and O–H groups in total.